The van der Waals surface area contributed by atoms with E-state index in [1.54, 1.807) is 19.4 Å². The van der Waals surface area contributed by atoms with Crippen LogP contribution >= 0.6 is 11.6 Å². The SMILES string of the molecule is CN/C(=C\C=N)c1ccc(Nc2nc(NC3CCCCC3)c3c(Cl)c[nH]c3n2)c(OC)c1. The monoisotopic (exact) mass is 453 g/mol. The lowest BCUT2D eigenvalue weighted by Crippen LogP contribution is -2.23. The van der Waals surface area contributed by atoms with Crippen LogP contribution in [0.1, 0.15) is 37.7 Å². The van der Waals surface area contributed by atoms with E-state index in [1.807, 2.05) is 25.2 Å². The first-order valence-corrected chi connectivity index (χ1v) is 11.2. The van der Waals surface area contributed by atoms with E-state index in [1.165, 1.54) is 25.5 Å². The van der Waals surface area contributed by atoms with Crippen LogP contribution in [-0.2, 0) is 0 Å². The second kappa shape index (κ2) is 9.91. The van der Waals surface area contributed by atoms with E-state index in [0.717, 1.165) is 41.0 Å². The van der Waals surface area contributed by atoms with Crippen LogP contribution in [-0.4, -0.2) is 41.4 Å². The van der Waals surface area contributed by atoms with Gasteiger partial charge in [0.25, 0.3) is 0 Å². The van der Waals surface area contributed by atoms with Crippen molar-refractivity contribution in [1.29, 1.82) is 5.41 Å². The van der Waals surface area contributed by atoms with E-state index in [-0.39, 0.29) is 0 Å². The summed E-state index contributed by atoms with van der Waals surface area (Å²) in [7, 11) is 3.44. The Bertz CT molecular complexity index is 1130. The van der Waals surface area contributed by atoms with E-state index < -0.39 is 0 Å². The number of aromatic amines is 1. The molecule has 1 saturated carbocycles. The highest BCUT2D eigenvalue weighted by atomic mass is 35.5. The van der Waals surface area contributed by atoms with Crippen LogP contribution in [0.15, 0.2) is 30.5 Å². The molecule has 2 aromatic heterocycles. The Morgan fingerprint density at radius 1 is 1.25 bits per heavy atom. The van der Waals surface area contributed by atoms with Crippen LogP contribution in [0.25, 0.3) is 16.7 Å². The minimum Gasteiger partial charge on any atom is -0.495 e. The first kappa shape index (κ1) is 22.0. The molecular weight excluding hydrogens is 426 g/mol. The van der Waals surface area contributed by atoms with Gasteiger partial charge in [-0.25, -0.2) is 0 Å². The van der Waals surface area contributed by atoms with Gasteiger partial charge in [0.2, 0.25) is 5.95 Å². The summed E-state index contributed by atoms with van der Waals surface area (Å²) in [5.74, 6) is 1.82. The number of halogens is 1. The third-order valence-electron chi connectivity index (χ3n) is 5.71. The van der Waals surface area contributed by atoms with Crippen molar-refractivity contribution in [3.63, 3.8) is 0 Å². The van der Waals surface area contributed by atoms with Gasteiger partial charge in [0.05, 0.1) is 23.2 Å². The molecule has 1 aliphatic rings. The fourth-order valence-electron chi connectivity index (χ4n) is 4.09. The van der Waals surface area contributed by atoms with Crippen molar-refractivity contribution in [2.75, 3.05) is 24.8 Å². The van der Waals surface area contributed by atoms with Crippen LogP contribution in [0.5, 0.6) is 5.75 Å². The number of anilines is 3. The smallest absolute Gasteiger partial charge is 0.231 e. The number of nitrogens with zero attached hydrogens (tertiary/aromatic N) is 2. The van der Waals surface area contributed by atoms with Crippen molar-refractivity contribution in [1.82, 2.24) is 20.3 Å². The Labute approximate surface area is 192 Å². The number of hydrogen-bond acceptors (Lipinski definition) is 7. The first-order valence-electron chi connectivity index (χ1n) is 10.8. The number of H-pyrrole nitrogens is 1. The number of methoxy groups -OCH3 is 1. The first-order chi connectivity index (χ1) is 15.6. The van der Waals surface area contributed by atoms with E-state index >= 15 is 0 Å². The Morgan fingerprint density at radius 3 is 2.78 bits per heavy atom. The molecule has 8 nitrogen and oxygen atoms in total. The van der Waals surface area contributed by atoms with Crippen molar-refractivity contribution in [3.05, 3.63) is 41.1 Å². The zero-order valence-electron chi connectivity index (χ0n) is 18.3. The summed E-state index contributed by atoms with van der Waals surface area (Å²) in [6, 6.07) is 6.14. The molecule has 0 saturated heterocycles. The maximum atomic E-state index is 7.34. The molecule has 4 rings (SSSR count). The highest BCUT2D eigenvalue weighted by molar-refractivity contribution is 6.36. The average Bonchev–Trinajstić information content (AvgIpc) is 3.19. The predicted octanol–water partition coefficient (Wildman–Crippen LogP) is 5.32. The van der Waals surface area contributed by atoms with Gasteiger partial charge in [0.1, 0.15) is 17.2 Å². The number of hydrogen-bond donors (Lipinski definition) is 5. The van der Waals surface area contributed by atoms with Gasteiger partial charge in [-0.05, 0) is 31.1 Å². The summed E-state index contributed by atoms with van der Waals surface area (Å²) in [6.45, 7) is 0. The molecule has 3 aromatic rings. The summed E-state index contributed by atoms with van der Waals surface area (Å²) >= 11 is 6.42. The zero-order chi connectivity index (χ0) is 22.5. The highest BCUT2D eigenvalue weighted by Crippen LogP contribution is 2.34. The number of nitrogens with one attached hydrogen (secondary N) is 5. The van der Waals surface area contributed by atoms with Crippen molar-refractivity contribution in [2.24, 2.45) is 0 Å². The molecular formula is C23H28ClN7O. The van der Waals surface area contributed by atoms with Crippen molar-refractivity contribution in [2.45, 2.75) is 38.1 Å². The molecule has 0 atom stereocenters. The van der Waals surface area contributed by atoms with Gasteiger partial charge in [-0.15, -0.1) is 0 Å². The molecule has 1 aliphatic carbocycles. The minimum absolute atomic E-state index is 0.384. The molecule has 168 valence electrons. The third kappa shape index (κ3) is 4.65. The van der Waals surface area contributed by atoms with Crippen LogP contribution in [0.4, 0.5) is 17.5 Å². The predicted molar refractivity (Wildman–Crippen MR) is 131 cm³/mol. The second-order valence-electron chi connectivity index (χ2n) is 7.77. The number of allylic oxidation sites excluding steroid dienone is 1. The van der Waals surface area contributed by atoms with Crippen LogP contribution in [0.2, 0.25) is 5.02 Å². The maximum absolute atomic E-state index is 7.34. The van der Waals surface area contributed by atoms with Gasteiger partial charge in [0, 0.05) is 36.8 Å². The lowest BCUT2D eigenvalue weighted by Gasteiger charge is -2.24. The molecule has 0 bridgehead atoms. The Morgan fingerprint density at radius 2 is 2.06 bits per heavy atom. The maximum Gasteiger partial charge on any atom is 0.231 e. The standard InChI is InChI=1S/C23H28ClN7O/c1-26-17(10-11-25)14-8-9-18(19(12-14)32-2)29-23-30-21-20(16(24)13-27-21)22(31-23)28-15-6-4-3-5-7-15/h8-13,15,25-26H,3-7H2,1-2H3,(H3,27,28,29,30,31)/b17-10-,25-11?. The molecule has 32 heavy (non-hydrogen) atoms. The molecule has 0 radical (unpaired) electrons. The number of fused-ring (bicyclic) bond motifs is 1. The highest BCUT2D eigenvalue weighted by Gasteiger charge is 2.19. The van der Waals surface area contributed by atoms with Crippen molar-refractivity contribution in [3.8, 4) is 5.75 Å². The third-order valence-corrected chi connectivity index (χ3v) is 6.01. The summed E-state index contributed by atoms with van der Waals surface area (Å²) in [4.78, 5) is 12.5. The number of ether oxygens (including phenoxy) is 1. The van der Waals surface area contributed by atoms with Gasteiger partial charge in [-0.2, -0.15) is 9.97 Å². The molecule has 0 unspecified atom stereocenters. The minimum atomic E-state index is 0.384. The van der Waals surface area contributed by atoms with Crippen LogP contribution in [0, 0.1) is 5.41 Å². The Balaban J connectivity index is 1.66. The van der Waals surface area contributed by atoms with Gasteiger partial charge in [-0.3, -0.25) is 0 Å². The molecule has 0 aliphatic heterocycles. The molecule has 9 heteroatoms. The van der Waals surface area contributed by atoms with Crippen molar-refractivity contribution >= 4 is 52.0 Å². The summed E-state index contributed by atoms with van der Waals surface area (Å²) in [5.41, 5.74) is 3.14. The lowest BCUT2D eigenvalue weighted by atomic mass is 9.95. The summed E-state index contributed by atoms with van der Waals surface area (Å²) in [5, 5.41) is 18.7. The molecule has 1 aromatic carbocycles. The topological polar surface area (TPSA) is 111 Å². The van der Waals surface area contributed by atoms with Gasteiger partial charge < -0.3 is 31.1 Å². The lowest BCUT2D eigenvalue weighted by molar-refractivity contribution is 0.416. The van der Waals surface area contributed by atoms with Gasteiger partial charge in [-0.1, -0.05) is 36.9 Å². The van der Waals surface area contributed by atoms with E-state index in [9.17, 15) is 0 Å². The quantitative estimate of drug-likeness (QED) is 0.295. The second-order valence-corrected chi connectivity index (χ2v) is 8.18. The zero-order valence-corrected chi connectivity index (χ0v) is 19.0. The normalized spacial score (nSPS) is 14.9. The molecule has 0 amide bonds. The van der Waals surface area contributed by atoms with E-state index in [0.29, 0.717) is 28.4 Å². The van der Waals surface area contributed by atoms with Gasteiger partial charge >= 0.3 is 0 Å². The van der Waals surface area contributed by atoms with E-state index in [4.69, 9.17) is 26.7 Å². The molecule has 5 N–H and O–H groups in total. The Hall–Kier alpha value is -3.26. The average molecular weight is 454 g/mol. The molecule has 2 heterocycles. The Kier molecular flexibility index (Phi) is 6.80. The fourth-order valence-corrected chi connectivity index (χ4v) is 4.32. The number of rotatable bonds is 8. The molecule has 1 fully saturated rings. The van der Waals surface area contributed by atoms with Crippen molar-refractivity contribution < 1.29 is 4.74 Å². The fraction of sp³-hybridized carbons (Fsp3) is 0.348. The largest absolute Gasteiger partial charge is 0.495 e. The van der Waals surface area contributed by atoms with Gasteiger partial charge in [0.15, 0.2) is 0 Å². The molecule has 0 spiro atoms. The van der Waals surface area contributed by atoms with Crippen LogP contribution in [0.3, 0.4) is 0 Å². The summed E-state index contributed by atoms with van der Waals surface area (Å²) in [6.07, 6.45) is 10.7. The van der Waals surface area contributed by atoms with E-state index in [2.05, 4.69) is 25.9 Å². The summed E-state index contributed by atoms with van der Waals surface area (Å²) < 4.78 is 5.60. The number of benzene rings is 1. The van der Waals surface area contributed by atoms with Crippen LogP contribution < -0.4 is 20.7 Å². The number of aromatic nitrogens is 3.